The third kappa shape index (κ3) is 12.2. The van der Waals surface area contributed by atoms with Crippen LogP contribution in [-0.4, -0.2) is 79.0 Å². The second-order valence-corrected chi connectivity index (χ2v) is 23.2. The number of carbonyl (C=O) groups is 2. The Labute approximate surface area is 440 Å². The van der Waals surface area contributed by atoms with Gasteiger partial charge in [0.05, 0.1) is 41.7 Å². The van der Waals surface area contributed by atoms with Gasteiger partial charge in [-0.05, 0) is 116 Å². The fraction of sp³-hybridized carbons (Fsp3) is 0.458. The maximum absolute atomic E-state index is 13.4. The molecule has 0 bridgehead atoms. The summed E-state index contributed by atoms with van der Waals surface area (Å²) in [7, 11) is 3.05. The highest BCUT2D eigenvalue weighted by molar-refractivity contribution is 6.33. The molecule has 3 heterocycles. The number of amides is 1. The minimum atomic E-state index is -0.622. The maximum atomic E-state index is 13.4. The fourth-order valence-electron chi connectivity index (χ4n) is 10.9. The van der Waals surface area contributed by atoms with E-state index in [9.17, 15) is 14.7 Å². The molecule has 0 unspecified atom stereocenters. The Morgan fingerprint density at radius 2 is 1.07 bits per heavy atom. The van der Waals surface area contributed by atoms with E-state index in [2.05, 4.69) is 71.4 Å². The molecule has 2 aliphatic carbocycles. The number of aliphatic hydroxyl groups excluding tert-OH is 1. The number of ether oxygens (including phenoxy) is 2. The molecule has 3 fully saturated rings. The van der Waals surface area contributed by atoms with E-state index in [4.69, 9.17) is 32.7 Å². The van der Waals surface area contributed by atoms with Crippen molar-refractivity contribution in [3.63, 3.8) is 0 Å². The van der Waals surface area contributed by atoms with Crippen LogP contribution in [0.25, 0.3) is 45.6 Å². The van der Waals surface area contributed by atoms with Gasteiger partial charge in [0.15, 0.2) is 23.3 Å². The molecule has 3 aliphatic rings. The van der Waals surface area contributed by atoms with Gasteiger partial charge in [-0.2, -0.15) is 19.9 Å². The number of hydrogen-bond donors (Lipinski definition) is 1. The van der Waals surface area contributed by atoms with E-state index in [1.807, 2.05) is 102 Å². The molecule has 73 heavy (non-hydrogen) atoms. The van der Waals surface area contributed by atoms with Crippen molar-refractivity contribution in [3.8, 4) is 57.6 Å². The highest BCUT2D eigenvalue weighted by Crippen LogP contribution is 2.51. The zero-order valence-corrected chi connectivity index (χ0v) is 45.1. The van der Waals surface area contributed by atoms with Crippen LogP contribution in [0, 0.1) is 33.5 Å². The number of ketones is 1. The minimum absolute atomic E-state index is 0.0819. The lowest BCUT2D eigenvalue weighted by atomic mass is 9.61. The van der Waals surface area contributed by atoms with Crippen molar-refractivity contribution in [2.24, 2.45) is 33.5 Å². The van der Waals surface area contributed by atoms with Crippen molar-refractivity contribution in [3.05, 3.63) is 118 Å². The topological polar surface area (TPSA) is 153 Å². The van der Waals surface area contributed by atoms with Gasteiger partial charge in [-0.1, -0.05) is 138 Å². The Bertz CT molecular complexity index is 2890. The quantitative estimate of drug-likeness (QED) is 0.110. The van der Waals surface area contributed by atoms with Gasteiger partial charge in [0.2, 0.25) is 5.91 Å². The molecule has 1 aliphatic heterocycles. The molecule has 9 rings (SSSR count). The molecule has 4 aromatic carbocycles. The smallest absolute Gasteiger partial charge is 0.320 e. The highest BCUT2D eigenvalue weighted by atomic mass is 35.5. The number of benzene rings is 4. The number of aliphatic hydroxyl groups is 1. The van der Waals surface area contributed by atoms with Gasteiger partial charge in [0.25, 0.3) is 0 Å². The van der Waals surface area contributed by atoms with Crippen molar-refractivity contribution in [2.45, 2.75) is 112 Å². The van der Waals surface area contributed by atoms with E-state index in [1.165, 1.54) is 14.2 Å². The second kappa shape index (κ2) is 22.3. The predicted molar refractivity (Wildman–Crippen MR) is 288 cm³/mol. The van der Waals surface area contributed by atoms with Crippen LogP contribution in [0.4, 0.5) is 0 Å². The van der Waals surface area contributed by atoms with Gasteiger partial charge in [-0.25, -0.2) is 9.97 Å². The van der Waals surface area contributed by atoms with Gasteiger partial charge in [0, 0.05) is 41.8 Å². The monoisotopic (exact) mass is 1030 g/mol. The third-order valence-corrected chi connectivity index (χ3v) is 16.3. The summed E-state index contributed by atoms with van der Waals surface area (Å²) in [6.45, 7) is 15.0. The van der Waals surface area contributed by atoms with Crippen LogP contribution in [-0.2, 0) is 22.6 Å². The van der Waals surface area contributed by atoms with Crippen LogP contribution in [0.3, 0.4) is 0 Å². The van der Waals surface area contributed by atoms with Crippen LogP contribution in [0.2, 0.25) is 10.0 Å². The second-order valence-electron chi connectivity index (χ2n) is 22.4. The summed E-state index contributed by atoms with van der Waals surface area (Å²) >= 11 is 13.1. The zero-order valence-electron chi connectivity index (χ0n) is 43.6. The van der Waals surface area contributed by atoms with E-state index in [0.717, 1.165) is 80.2 Å². The Hall–Kier alpha value is -5.82. The van der Waals surface area contributed by atoms with Crippen molar-refractivity contribution in [1.29, 1.82) is 0 Å². The van der Waals surface area contributed by atoms with Gasteiger partial charge < -0.3 is 19.5 Å². The van der Waals surface area contributed by atoms with E-state index >= 15 is 0 Å². The average Bonchev–Trinajstić information content (AvgIpc) is 3.40. The van der Waals surface area contributed by atoms with E-state index in [1.54, 1.807) is 0 Å². The molecule has 14 heteroatoms. The Morgan fingerprint density at radius 3 is 1.51 bits per heavy atom. The first-order valence-corrected chi connectivity index (χ1v) is 26.3. The minimum Gasteiger partial charge on any atom is -0.467 e. The summed E-state index contributed by atoms with van der Waals surface area (Å²) < 4.78 is 10.7. The molecule has 1 saturated heterocycles. The molecule has 6 aromatic rings. The first kappa shape index (κ1) is 53.5. The molecule has 1 N–H and O–H groups in total. The number of nitrogens with zero attached hydrogens (tertiary/aromatic N) is 7. The molecule has 0 atom stereocenters. The summed E-state index contributed by atoms with van der Waals surface area (Å²) in [6, 6.07) is 31.2. The fourth-order valence-corrected chi connectivity index (χ4v) is 11.3. The summed E-state index contributed by atoms with van der Waals surface area (Å²) in [6.07, 6.45) is 8.67. The molecule has 1 amide bonds. The molecule has 2 saturated carbocycles. The van der Waals surface area contributed by atoms with Crippen molar-refractivity contribution in [2.75, 3.05) is 27.4 Å². The van der Waals surface area contributed by atoms with Crippen molar-refractivity contribution in [1.82, 2.24) is 34.8 Å². The molecular weight excluding hydrogens is 958 g/mol. The normalized spacial score (nSPS) is 21.0. The third-order valence-electron chi connectivity index (χ3n) is 15.7. The van der Waals surface area contributed by atoms with Crippen molar-refractivity contribution < 1.29 is 24.2 Å². The zero-order chi connectivity index (χ0) is 52.1. The Morgan fingerprint density at radius 1 is 0.630 bits per heavy atom. The molecule has 1 spiro atoms. The lowest BCUT2D eigenvalue weighted by molar-refractivity contribution is -0.166. The molecule has 2 aromatic heterocycles. The first-order chi connectivity index (χ1) is 34.8. The SMILES string of the molecule is COc1nc(-c2ccccc2)nc(-c2cc(CCC(=O)C3(CO)CCC(C(C)(C)C)CC3)ccc2Cl)n1.COc1nc(-c2ccccc2)nc(-c2cc(CN3CC4(CCC(C(C)(C)C)CC4)C3=O)ccc2Cl)n1. The number of aryl methyl sites for hydroxylation is 1. The number of likely N-dealkylation sites (tertiary alicyclic amines) is 1. The number of β-lactam (4-membered cyclic amide) rings is 1. The number of aromatic nitrogens is 6. The summed E-state index contributed by atoms with van der Waals surface area (Å²) in [5.74, 6) is 3.58. The van der Waals surface area contributed by atoms with Crippen LogP contribution in [0.15, 0.2) is 97.1 Å². The van der Waals surface area contributed by atoms with Crippen LogP contribution in [0.1, 0.15) is 110 Å². The first-order valence-electron chi connectivity index (χ1n) is 25.6. The average molecular weight is 1030 g/mol. The number of Topliss-reactive ketones (excluding diaryl/α,β-unsaturated/α-hetero) is 1. The number of carbonyl (C=O) groups excluding carboxylic acids is 2. The lowest BCUT2D eigenvalue weighted by Crippen LogP contribution is -2.62. The van der Waals surface area contributed by atoms with Gasteiger partial charge in [0.1, 0.15) is 5.78 Å². The Kier molecular flexibility index (Phi) is 16.4. The van der Waals surface area contributed by atoms with Gasteiger partial charge in [-0.3, -0.25) is 9.59 Å². The van der Waals surface area contributed by atoms with Gasteiger partial charge >= 0.3 is 12.0 Å². The highest BCUT2D eigenvalue weighted by Gasteiger charge is 2.53. The van der Waals surface area contributed by atoms with E-state index in [-0.39, 0.29) is 35.2 Å². The number of rotatable bonds is 13. The summed E-state index contributed by atoms with van der Waals surface area (Å²) in [5.41, 5.74) is 4.79. The van der Waals surface area contributed by atoms with E-state index < -0.39 is 5.41 Å². The largest absolute Gasteiger partial charge is 0.467 e. The molecule has 384 valence electrons. The van der Waals surface area contributed by atoms with Crippen molar-refractivity contribution >= 4 is 34.9 Å². The molecular formula is C59H69Cl2N7O5. The summed E-state index contributed by atoms with van der Waals surface area (Å²) in [4.78, 5) is 55.6. The van der Waals surface area contributed by atoms with Crippen LogP contribution >= 0.6 is 23.2 Å². The standard InChI is InChI=1S/C30H36ClN3O3.C29H33ClN4O2/c1-29(2,3)22-14-16-30(19-35,17-15-22)25(36)13-11-20-10-12-24(31)23(18-20)27-32-26(33-28(34-27)37-4)21-8-6-5-7-9-21;1-28(2,3)21-12-14-29(15-13-21)18-34(26(29)35)17-19-10-11-23(30)22(16-19)25-31-24(32-27(33-25)36-4)20-8-6-5-7-9-20/h5-10,12,18,22,35H,11,13-17,19H2,1-4H3;5-11,16,21H,12-15,17-18H2,1-4H3. The summed E-state index contributed by atoms with van der Waals surface area (Å²) in [5, 5.41) is 11.3. The Balaban J connectivity index is 0.000000195. The number of hydrogen-bond acceptors (Lipinski definition) is 11. The number of halogens is 2. The van der Waals surface area contributed by atoms with Crippen LogP contribution < -0.4 is 9.47 Å². The van der Waals surface area contributed by atoms with Gasteiger partial charge in [-0.15, -0.1) is 0 Å². The van der Waals surface area contributed by atoms with E-state index in [0.29, 0.717) is 87.0 Å². The maximum Gasteiger partial charge on any atom is 0.320 e. The lowest BCUT2D eigenvalue weighted by Gasteiger charge is -2.53. The molecule has 12 nitrogen and oxygen atoms in total. The predicted octanol–water partition coefficient (Wildman–Crippen LogP) is 13.0. The molecule has 0 radical (unpaired) electrons. The van der Waals surface area contributed by atoms with Crippen LogP contribution in [0.5, 0.6) is 12.0 Å². The number of methoxy groups -OCH3 is 2.